The number of H-pyrrole nitrogens is 1. The maximum atomic E-state index is 13.4. The molecule has 3 aromatic heterocycles. The summed E-state index contributed by atoms with van der Waals surface area (Å²) in [6.07, 6.45) is 1.66. The minimum Gasteiger partial charge on any atom is -0.483 e. The van der Waals surface area contributed by atoms with Gasteiger partial charge in [-0.25, -0.2) is 24.3 Å². The van der Waals surface area contributed by atoms with Crippen LogP contribution in [0.1, 0.15) is 12.6 Å². The number of hydrogen-bond donors (Lipinski definition) is 3. The first kappa shape index (κ1) is 18.0. The normalized spacial score (nSPS) is 12.1. The molecular weight excluding hydrogens is 385 g/mol. The number of nitrogens with one attached hydrogen (secondary N) is 2. The molecule has 4 bridgehead atoms. The van der Waals surface area contributed by atoms with E-state index in [1.807, 2.05) is 19.1 Å². The van der Waals surface area contributed by atoms with Gasteiger partial charge in [0.1, 0.15) is 23.9 Å². The van der Waals surface area contributed by atoms with Crippen LogP contribution >= 0.6 is 0 Å². The van der Waals surface area contributed by atoms with Gasteiger partial charge in [-0.2, -0.15) is 0 Å². The van der Waals surface area contributed by atoms with E-state index in [2.05, 4.69) is 25.3 Å². The molecule has 0 unspecified atom stereocenters. The van der Waals surface area contributed by atoms with Gasteiger partial charge in [0.15, 0.2) is 11.6 Å². The summed E-state index contributed by atoms with van der Waals surface area (Å²) in [6, 6.07) is 9.79. The summed E-state index contributed by atoms with van der Waals surface area (Å²) in [5, 5.41) is 3.14. The number of anilines is 2. The highest BCUT2D eigenvalue weighted by molar-refractivity contribution is 5.81. The van der Waals surface area contributed by atoms with Gasteiger partial charge in [-0.15, -0.1) is 0 Å². The highest BCUT2D eigenvalue weighted by Crippen LogP contribution is 2.36. The molecule has 0 saturated heterocycles. The molecule has 0 amide bonds. The second-order valence-corrected chi connectivity index (χ2v) is 6.81. The summed E-state index contributed by atoms with van der Waals surface area (Å²) in [7, 11) is 0. The molecule has 0 atom stereocenters. The minimum absolute atomic E-state index is 0.216. The fraction of sp³-hybridized carbons (Fsp3) is 0.143. The molecule has 0 radical (unpaired) electrons. The van der Waals surface area contributed by atoms with Gasteiger partial charge in [0.05, 0.1) is 17.1 Å². The number of halogens is 1. The average Bonchev–Trinajstić information content (AvgIpc) is 3.19. The molecule has 1 aliphatic rings. The van der Waals surface area contributed by atoms with Crippen LogP contribution in [0.25, 0.3) is 34.0 Å². The molecule has 0 spiro atoms. The van der Waals surface area contributed by atoms with Crippen molar-refractivity contribution in [1.82, 2.24) is 24.9 Å². The van der Waals surface area contributed by atoms with Gasteiger partial charge in [-0.3, -0.25) is 0 Å². The van der Waals surface area contributed by atoms with E-state index in [0.717, 1.165) is 11.1 Å². The third-order valence-electron chi connectivity index (χ3n) is 4.72. The van der Waals surface area contributed by atoms with Gasteiger partial charge in [0.25, 0.3) is 0 Å². The number of nitrogen functional groups attached to an aromatic ring is 1. The lowest BCUT2D eigenvalue weighted by Crippen LogP contribution is -2.09. The Morgan fingerprint density at radius 3 is 2.77 bits per heavy atom. The highest BCUT2D eigenvalue weighted by Gasteiger charge is 2.21. The van der Waals surface area contributed by atoms with Crippen LogP contribution in [0, 0.1) is 5.82 Å². The number of aromatic nitrogens is 5. The number of hydrogen-bond acceptors (Lipinski definition) is 7. The molecule has 30 heavy (non-hydrogen) atoms. The lowest BCUT2D eigenvalue weighted by Gasteiger charge is -2.14. The number of benzene rings is 1. The molecule has 1 aliphatic heterocycles. The lowest BCUT2D eigenvalue weighted by molar-refractivity contribution is 0.302. The molecule has 9 heteroatoms. The van der Waals surface area contributed by atoms with Crippen molar-refractivity contribution in [3.05, 3.63) is 54.1 Å². The summed E-state index contributed by atoms with van der Waals surface area (Å²) in [6.45, 7) is 2.86. The van der Waals surface area contributed by atoms with Gasteiger partial charge >= 0.3 is 0 Å². The molecule has 0 fully saturated rings. The van der Waals surface area contributed by atoms with Crippen LogP contribution in [-0.2, 0) is 6.61 Å². The number of rotatable bonds is 3. The zero-order valence-electron chi connectivity index (χ0n) is 16.1. The first-order chi connectivity index (χ1) is 14.6. The smallest absolute Gasteiger partial charge is 0.223 e. The van der Waals surface area contributed by atoms with Crippen LogP contribution in [-0.4, -0.2) is 31.5 Å². The largest absolute Gasteiger partial charge is 0.483 e. The van der Waals surface area contributed by atoms with Crippen molar-refractivity contribution in [1.29, 1.82) is 0 Å². The van der Waals surface area contributed by atoms with Crippen molar-refractivity contribution in [2.24, 2.45) is 0 Å². The SMILES string of the molecule is CCNc1nc2cc(n1)-c1nc(-c3ccc(F)cc3)[nH]c1-c1cnc(N)c(c1)OC2. The van der Waals surface area contributed by atoms with Crippen LogP contribution in [0.4, 0.5) is 16.2 Å². The molecule has 0 aliphatic carbocycles. The number of aromatic amines is 1. The van der Waals surface area contributed by atoms with Crippen LogP contribution in [0.15, 0.2) is 42.6 Å². The van der Waals surface area contributed by atoms with Crippen molar-refractivity contribution in [2.45, 2.75) is 13.5 Å². The van der Waals surface area contributed by atoms with Crippen molar-refractivity contribution >= 4 is 11.8 Å². The summed E-state index contributed by atoms with van der Waals surface area (Å²) in [5.74, 6) is 1.52. The van der Waals surface area contributed by atoms with E-state index in [1.165, 1.54) is 12.1 Å². The summed E-state index contributed by atoms with van der Waals surface area (Å²) in [5.41, 5.74) is 10.2. The second kappa shape index (κ2) is 7.11. The van der Waals surface area contributed by atoms with Gasteiger partial charge in [-0.05, 0) is 43.3 Å². The Labute approximate surface area is 171 Å². The Hall–Kier alpha value is -4.01. The van der Waals surface area contributed by atoms with Gasteiger partial charge in [0.2, 0.25) is 5.95 Å². The monoisotopic (exact) mass is 403 g/mol. The zero-order valence-corrected chi connectivity index (χ0v) is 16.1. The number of ether oxygens (including phenoxy) is 1. The van der Waals surface area contributed by atoms with Crippen molar-refractivity contribution in [3.63, 3.8) is 0 Å². The Bertz CT molecular complexity index is 1240. The van der Waals surface area contributed by atoms with Crippen LogP contribution in [0.5, 0.6) is 5.75 Å². The molecule has 4 aromatic rings. The first-order valence-corrected chi connectivity index (χ1v) is 9.47. The highest BCUT2D eigenvalue weighted by atomic mass is 19.1. The van der Waals surface area contributed by atoms with E-state index in [0.29, 0.717) is 52.7 Å². The molecule has 8 nitrogen and oxygen atoms in total. The third-order valence-corrected chi connectivity index (χ3v) is 4.72. The van der Waals surface area contributed by atoms with Crippen molar-refractivity contribution in [2.75, 3.05) is 17.6 Å². The number of nitrogens with two attached hydrogens (primary N) is 1. The molecule has 4 N–H and O–H groups in total. The summed E-state index contributed by atoms with van der Waals surface area (Å²) < 4.78 is 19.2. The van der Waals surface area contributed by atoms with E-state index < -0.39 is 0 Å². The first-order valence-electron chi connectivity index (χ1n) is 9.47. The molecule has 4 heterocycles. The number of pyridine rings is 1. The third kappa shape index (κ3) is 3.20. The fourth-order valence-corrected chi connectivity index (χ4v) is 3.30. The zero-order chi connectivity index (χ0) is 20.7. The van der Waals surface area contributed by atoms with Gasteiger partial charge < -0.3 is 20.8 Å². The topological polar surface area (TPSA) is 115 Å². The Morgan fingerprint density at radius 1 is 1.13 bits per heavy atom. The standard InChI is InChI=1S/C21H18FN7O/c1-2-24-21-26-14-8-15(27-21)18-17(12-7-16(30-10-14)19(23)25-9-12)28-20(29-18)11-3-5-13(22)6-4-11/h3-9H,2,10H2,1H3,(H2,23,25)(H,28,29)(H,24,26,27). The van der Waals surface area contributed by atoms with E-state index in [4.69, 9.17) is 15.5 Å². The molecule has 150 valence electrons. The maximum absolute atomic E-state index is 13.4. The van der Waals surface area contributed by atoms with Gasteiger partial charge in [0, 0.05) is 23.9 Å². The molecule has 0 saturated carbocycles. The molecule has 5 rings (SSSR count). The Kier molecular flexibility index (Phi) is 4.27. The van der Waals surface area contributed by atoms with Crippen molar-refractivity contribution < 1.29 is 9.13 Å². The number of nitrogens with zero attached hydrogens (tertiary/aromatic N) is 4. The minimum atomic E-state index is -0.308. The lowest BCUT2D eigenvalue weighted by atomic mass is 10.1. The van der Waals surface area contributed by atoms with Crippen LogP contribution in [0.3, 0.4) is 0 Å². The molecular formula is C21H18FN7O. The Morgan fingerprint density at radius 2 is 1.97 bits per heavy atom. The fourth-order valence-electron chi connectivity index (χ4n) is 3.30. The second-order valence-electron chi connectivity index (χ2n) is 6.81. The Balaban J connectivity index is 1.75. The number of fused-ring (bicyclic) bond motifs is 7. The van der Waals surface area contributed by atoms with E-state index in [9.17, 15) is 4.39 Å². The van der Waals surface area contributed by atoms with Crippen LogP contribution in [0.2, 0.25) is 0 Å². The van der Waals surface area contributed by atoms with E-state index >= 15 is 0 Å². The predicted molar refractivity (Wildman–Crippen MR) is 111 cm³/mol. The predicted octanol–water partition coefficient (Wildman–Crippen LogP) is 3.64. The summed E-state index contributed by atoms with van der Waals surface area (Å²) in [4.78, 5) is 21.5. The van der Waals surface area contributed by atoms with E-state index in [1.54, 1.807) is 18.3 Å². The van der Waals surface area contributed by atoms with Crippen molar-refractivity contribution in [3.8, 4) is 39.8 Å². The van der Waals surface area contributed by atoms with Crippen LogP contribution < -0.4 is 15.8 Å². The van der Waals surface area contributed by atoms with E-state index in [-0.39, 0.29) is 12.4 Å². The quantitative estimate of drug-likeness (QED) is 0.478. The molecule has 1 aromatic carbocycles. The summed E-state index contributed by atoms with van der Waals surface area (Å²) >= 11 is 0. The average molecular weight is 403 g/mol. The number of imidazole rings is 1. The van der Waals surface area contributed by atoms with Gasteiger partial charge in [-0.1, -0.05) is 0 Å². The maximum Gasteiger partial charge on any atom is 0.223 e.